The second-order valence-corrected chi connectivity index (χ2v) is 5.67. The van der Waals surface area contributed by atoms with E-state index in [0.29, 0.717) is 24.1 Å². The van der Waals surface area contributed by atoms with Gasteiger partial charge in [-0.2, -0.15) is 0 Å². The molecular formula is C19H19BO4. The lowest BCUT2D eigenvalue weighted by molar-refractivity contribution is 0.168. The van der Waals surface area contributed by atoms with Crippen LogP contribution in [0, 0.1) is 0 Å². The van der Waals surface area contributed by atoms with E-state index < -0.39 is 7.12 Å². The van der Waals surface area contributed by atoms with Crippen molar-refractivity contribution in [3.63, 3.8) is 0 Å². The quantitative estimate of drug-likeness (QED) is 0.828. The molecule has 0 aliphatic carbocycles. The lowest BCUT2D eigenvalue weighted by Gasteiger charge is -2.26. The predicted molar refractivity (Wildman–Crippen MR) is 93.7 cm³/mol. The van der Waals surface area contributed by atoms with Gasteiger partial charge in [0.05, 0.1) is 6.10 Å². The predicted octanol–water partition coefficient (Wildman–Crippen LogP) is 3.43. The first-order valence-corrected chi connectivity index (χ1v) is 7.82. The summed E-state index contributed by atoms with van der Waals surface area (Å²) in [6.07, 6.45) is 2.32. The topological polar surface area (TPSA) is 58.9 Å². The molecule has 4 nitrogen and oxygen atoms in total. The number of phenolic OH excluding ortho intramolecular Hbond substituents is 1. The minimum Gasteiger partial charge on any atom is -0.508 e. The minimum atomic E-state index is -1.04. The molecule has 1 heterocycles. The largest absolute Gasteiger partial charge is 0.508 e. The molecule has 1 atom stereocenters. The summed E-state index contributed by atoms with van der Waals surface area (Å²) in [6.45, 7) is 4.28. The normalized spacial score (nSPS) is 17.3. The van der Waals surface area contributed by atoms with Crippen LogP contribution >= 0.6 is 0 Å². The third-order valence-electron chi connectivity index (χ3n) is 3.94. The van der Waals surface area contributed by atoms with Crippen LogP contribution in [0.25, 0.3) is 0 Å². The first-order valence-electron chi connectivity index (χ1n) is 7.82. The minimum absolute atomic E-state index is 0.206. The van der Waals surface area contributed by atoms with Crippen molar-refractivity contribution >= 4 is 7.12 Å². The monoisotopic (exact) mass is 322 g/mol. The highest BCUT2D eigenvalue weighted by Gasteiger charge is 2.30. The van der Waals surface area contributed by atoms with Crippen LogP contribution in [0.4, 0.5) is 0 Å². The van der Waals surface area contributed by atoms with Crippen molar-refractivity contribution in [2.45, 2.75) is 12.5 Å². The van der Waals surface area contributed by atoms with E-state index >= 15 is 0 Å². The Bertz CT molecular complexity index is 725. The molecule has 1 aliphatic heterocycles. The zero-order valence-corrected chi connectivity index (χ0v) is 13.3. The number of hydrogen-bond acceptors (Lipinski definition) is 4. The molecule has 1 unspecified atom stereocenters. The standard InChI is InChI=1S/C19H19BO4/c1-14(13-23-17-5-3-2-4-6-17)18-11-12-19(24-20(18)22)15-7-9-16(21)10-8-15/h2-11,19,21-22H,1,12-13H2. The number of ether oxygens (including phenoxy) is 1. The van der Waals surface area contributed by atoms with E-state index in [2.05, 4.69) is 6.58 Å². The van der Waals surface area contributed by atoms with Gasteiger partial charge in [-0.15, -0.1) is 0 Å². The van der Waals surface area contributed by atoms with E-state index in [0.717, 1.165) is 11.3 Å². The Hall–Kier alpha value is -2.50. The fourth-order valence-corrected chi connectivity index (χ4v) is 2.61. The van der Waals surface area contributed by atoms with Gasteiger partial charge in [0.25, 0.3) is 0 Å². The molecule has 3 rings (SSSR count). The van der Waals surface area contributed by atoms with Gasteiger partial charge in [0.2, 0.25) is 0 Å². The van der Waals surface area contributed by atoms with Gasteiger partial charge in [-0.3, -0.25) is 0 Å². The number of para-hydroxylation sites is 1. The average Bonchev–Trinajstić information content (AvgIpc) is 2.61. The van der Waals surface area contributed by atoms with E-state index in [1.165, 1.54) is 0 Å². The molecule has 0 fully saturated rings. The van der Waals surface area contributed by atoms with Crippen LogP contribution in [-0.4, -0.2) is 23.9 Å². The Kier molecular flexibility index (Phi) is 5.03. The summed E-state index contributed by atoms with van der Waals surface area (Å²) >= 11 is 0. The third kappa shape index (κ3) is 3.88. The molecule has 2 aromatic rings. The van der Waals surface area contributed by atoms with Gasteiger partial charge in [0.15, 0.2) is 0 Å². The van der Waals surface area contributed by atoms with Crippen molar-refractivity contribution in [2.24, 2.45) is 0 Å². The van der Waals surface area contributed by atoms with E-state index in [9.17, 15) is 10.1 Å². The summed E-state index contributed by atoms with van der Waals surface area (Å²) in [5.41, 5.74) is 2.25. The van der Waals surface area contributed by atoms with E-state index in [4.69, 9.17) is 9.39 Å². The zero-order valence-electron chi connectivity index (χ0n) is 13.3. The number of aromatic hydroxyl groups is 1. The molecule has 0 radical (unpaired) electrons. The molecule has 0 aromatic heterocycles. The molecule has 0 amide bonds. The van der Waals surface area contributed by atoms with Crippen LogP contribution in [0.3, 0.4) is 0 Å². The molecule has 2 aromatic carbocycles. The van der Waals surface area contributed by atoms with Gasteiger partial charge in [-0.05, 0) is 47.3 Å². The highest BCUT2D eigenvalue weighted by molar-refractivity contribution is 6.54. The van der Waals surface area contributed by atoms with Gasteiger partial charge < -0.3 is 19.5 Å². The Morgan fingerprint density at radius 3 is 2.54 bits per heavy atom. The maximum atomic E-state index is 10.3. The lowest BCUT2D eigenvalue weighted by Crippen LogP contribution is -2.29. The molecule has 24 heavy (non-hydrogen) atoms. The molecule has 2 N–H and O–H groups in total. The molecule has 1 aliphatic rings. The highest BCUT2D eigenvalue weighted by Crippen LogP contribution is 2.31. The summed E-state index contributed by atoms with van der Waals surface area (Å²) in [5.74, 6) is 0.963. The van der Waals surface area contributed by atoms with Crippen LogP contribution in [-0.2, 0) is 4.65 Å². The van der Waals surface area contributed by atoms with Crippen molar-refractivity contribution in [3.05, 3.63) is 83.9 Å². The molecule has 122 valence electrons. The van der Waals surface area contributed by atoms with E-state index in [1.807, 2.05) is 36.4 Å². The van der Waals surface area contributed by atoms with Crippen molar-refractivity contribution in [2.75, 3.05) is 6.61 Å². The second-order valence-electron chi connectivity index (χ2n) is 5.67. The highest BCUT2D eigenvalue weighted by atomic mass is 16.5. The number of benzene rings is 2. The van der Waals surface area contributed by atoms with Crippen LogP contribution in [0.5, 0.6) is 11.5 Å². The Labute approximate surface area is 141 Å². The fraction of sp³-hybridized carbons (Fsp3) is 0.158. The molecule has 0 bridgehead atoms. The Morgan fingerprint density at radius 1 is 1.17 bits per heavy atom. The van der Waals surface area contributed by atoms with Crippen LogP contribution in [0.15, 0.2) is 78.3 Å². The van der Waals surface area contributed by atoms with E-state index in [-0.39, 0.29) is 11.9 Å². The number of rotatable bonds is 5. The SMILES string of the molecule is C=C(COc1ccccc1)C1=CCC(c2ccc(O)cc2)OB1O. The molecule has 0 saturated heterocycles. The maximum Gasteiger partial charge on any atom is 0.491 e. The summed E-state index contributed by atoms with van der Waals surface area (Å²) in [5, 5.41) is 19.6. The van der Waals surface area contributed by atoms with Crippen molar-refractivity contribution in [3.8, 4) is 11.5 Å². The van der Waals surface area contributed by atoms with Crippen LogP contribution < -0.4 is 4.74 Å². The summed E-state index contributed by atoms with van der Waals surface area (Å²) in [7, 11) is -1.04. The third-order valence-corrected chi connectivity index (χ3v) is 3.94. The Morgan fingerprint density at radius 2 is 1.88 bits per heavy atom. The summed E-state index contributed by atoms with van der Waals surface area (Å²) in [4.78, 5) is 0. The number of hydrogen-bond donors (Lipinski definition) is 2. The second kappa shape index (κ2) is 7.38. The van der Waals surface area contributed by atoms with Gasteiger partial charge in [-0.25, -0.2) is 0 Å². The van der Waals surface area contributed by atoms with Crippen molar-refractivity contribution in [1.29, 1.82) is 0 Å². The first kappa shape index (κ1) is 16.4. The fourth-order valence-electron chi connectivity index (χ4n) is 2.61. The number of phenols is 1. The first-order chi connectivity index (χ1) is 11.6. The van der Waals surface area contributed by atoms with Gasteiger partial charge in [-0.1, -0.05) is 43.0 Å². The van der Waals surface area contributed by atoms with Crippen molar-refractivity contribution < 1.29 is 19.5 Å². The Balaban J connectivity index is 1.62. The van der Waals surface area contributed by atoms with Crippen LogP contribution in [0.1, 0.15) is 18.1 Å². The average molecular weight is 322 g/mol. The molecule has 0 saturated carbocycles. The molecular weight excluding hydrogens is 303 g/mol. The van der Waals surface area contributed by atoms with E-state index in [1.54, 1.807) is 24.3 Å². The van der Waals surface area contributed by atoms with Gasteiger partial charge >= 0.3 is 7.12 Å². The summed E-state index contributed by atoms with van der Waals surface area (Å²) < 4.78 is 11.3. The van der Waals surface area contributed by atoms with Crippen molar-refractivity contribution in [1.82, 2.24) is 0 Å². The van der Waals surface area contributed by atoms with Gasteiger partial charge in [0.1, 0.15) is 18.1 Å². The smallest absolute Gasteiger partial charge is 0.491 e. The molecule has 5 heteroatoms. The maximum absolute atomic E-state index is 10.3. The van der Waals surface area contributed by atoms with Gasteiger partial charge in [0, 0.05) is 0 Å². The van der Waals surface area contributed by atoms with Crippen LogP contribution in [0.2, 0.25) is 0 Å². The molecule has 0 spiro atoms. The summed E-state index contributed by atoms with van der Waals surface area (Å²) in [6, 6.07) is 16.3. The zero-order chi connectivity index (χ0) is 16.9. The lowest BCUT2D eigenvalue weighted by atomic mass is 9.71.